The highest BCUT2D eigenvalue weighted by molar-refractivity contribution is 7.20. The van der Waals surface area contributed by atoms with Gasteiger partial charge in [-0.1, -0.05) is 206 Å². The monoisotopic (exact) mass is 761 g/mol. The Hall–Kier alpha value is -7.00. The summed E-state index contributed by atoms with van der Waals surface area (Å²) in [6.45, 7) is 0. The molecule has 0 saturated heterocycles. The summed E-state index contributed by atoms with van der Waals surface area (Å²) in [5, 5.41) is 5.07. The average Bonchev–Trinajstić information content (AvgIpc) is 3.74. The standard InChI is InChI=1S/C56H39NSi/c1-4-18-38(19-5-1)39-34-36-42(37-35-39)58(40-20-6-2-7-21-40,41-22-8-3-9-23-41)52-33-17-29-48-53-45-26-10-11-27-46(45)56(55(48)52)54-47(53)28-16-32-51(54)57-49-30-14-12-24-43(49)44-25-13-15-31-50(44)57/h1-37,53,56H/i12D,13D,14D,15D,24D,25D,30D,31D. The summed E-state index contributed by atoms with van der Waals surface area (Å²) in [5.41, 5.74) is 9.86. The van der Waals surface area contributed by atoms with Crippen molar-refractivity contribution < 1.29 is 11.0 Å². The minimum atomic E-state index is -3.22. The van der Waals surface area contributed by atoms with Gasteiger partial charge >= 0.3 is 0 Å². The van der Waals surface area contributed by atoms with E-state index in [-0.39, 0.29) is 57.8 Å². The molecule has 2 unspecified atom stereocenters. The average molecular weight is 762 g/mol. The lowest BCUT2D eigenvalue weighted by Crippen LogP contribution is -2.75. The van der Waals surface area contributed by atoms with E-state index in [9.17, 15) is 5.48 Å². The molecular formula is C56H39NSi. The van der Waals surface area contributed by atoms with Gasteiger partial charge in [0.15, 0.2) is 8.07 Å². The van der Waals surface area contributed by atoms with E-state index in [1.807, 2.05) is 18.2 Å². The van der Waals surface area contributed by atoms with Crippen molar-refractivity contribution in [3.8, 4) is 16.8 Å². The molecule has 0 aliphatic heterocycles. The molecule has 0 fully saturated rings. The van der Waals surface area contributed by atoms with Crippen LogP contribution in [0, 0.1) is 0 Å². The zero-order chi connectivity index (χ0) is 45.2. The van der Waals surface area contributed by atoms with E-state index in [1.54, 1.807) is 4.57 Å². The quantitative estimate of drug-likeness (QED) is 0.117. The predicted molar refractivity (Wildman–Crippen MR) is 245 cm³/mol. The number of nitrogens with zero attached hydrogens (tertiary/aromatic N) is 1. The molecule has 58 heavy (non-hydrogen) atoms. The molecule has 3 aliphatic carbocycles. The Balaban J connectivity index is 1.22. The van der Waals surface area contributed by atoms with Crippen molar-refractivity contribution in [2.75, 3.05) is 0 Å². The lowest BCUT2D eigenvalue weighted by atomic mass is 9.60. The van der Waals surface area contributed by atoms with Crippen LogP contribution >= 0.6 is 0 Å². The maximum absolute atomic E-state index is 9.42. The van der Waals surface area contributed by atoms with Gasteiger partial charge in [-0.05, 0) is 83.4 Å². The highest BCUT2D eigenvalue weighted by atomic mass is 28.3. The summed E-state index contributed by atoms with van der Waals surface area (Å²) in [6, 6.07) is 59.7. The Kier molecular flexibility index (Phi) is 5.84. The highest BCUT2D eigenvalue weighted by Gasteiger charge is 2.50. The number of hydrogen-bond acceptors (Lipinski definition) is 0. The summed E-state index contributed by atoms with van der Waals surface area (Å²) >= 11 is 0. The van der Waals surface area contributed by atoms with Crippen LogP contribution in [0.3, 0.4) is 0 Å². The lowest BCUT2D eigenvalue weighted by Gasteiger charge is -2.47. The van der Waals surface area contributed by atoms with Crippen LogP contribution in [0.5, 0.6) is 0 Å². The second-order valence-electron chi connectivity index (χ2n) is 15.3. The third-order valence-electron chi connectivity index (χ3n) is 12.6. The second kappa shape index (κ2) is 13.0. The smallest absolute Gasteiger partial charge is 0.179 e. The van der Waals surface area contributed by atoms with Crippen LogP contribution < -0.4 is 20.7 Å². The normalized spacial score (nSPS) is 17.2. The van der Waals surface area contributed by atoms with Crippen LogP contribution in [0.2, 0.25) is 0 Å². The van der Waals surface area contributed by atoms with E-state index in [4.69, 9.17) is 5.48 Å². The van der Waals surface area contributed by atoms with Gasteiger partial charge < -0.3 is 4.57 Å². The molecule has 1 heterocycles. The summed E-state index contributed by atoms with van der Waals surface area (Å²) in [6.07, 6.45) is 0. The van der Waals surface area contributed by atoms with Crippen molar-refractivity contribution in [2.24, 2.45) is 0 Å². The van der Waals surface area contributed by atoms with Crippen molar-refractivity contribution in [1.29, 1.82) is 0 Å². The number of benzene rings is 9. The Labute approximate surface area is 351 Å². The van der Waals surface area contributed by atoms with Gasteiger partial charge in [-0.3, -0.25) is 0 Å². The molecule has 10 aromatic rings. The van der Waals surface area contributed by atoms with Gasteiger partial charge in [-0.15, -0.1) is 0 Å². The van der Waals surface area contributed by atoms with Crippen molar-refractivity contribution in [3.63, 3.8) is 0 Å². The molecule has 2 atom stereocenters. The summed E-state index contributed by atoms with van der Waals surface area (Å²) in [5.74, 6) is -0.574. The minimum absolute atomic E-state index is 0.0709. The number of hydrogen-bond donors (Lipinski definition) is 0. The van der Waals surface area contributed by atoms with E-state index < -0.39 is 32.2 Å². The van der Waals surface area contributed by atoms with Gasteiger partial charge in [0, 0.05) is 22.6 Å². The fraction of sp³-hybridized carbons (Fsp3) is 0.0357. The van der Waals surface area contributed by atoms with Crippen molar-refractivity contribution >= 4 is 50.6 Å². The Morgan fingerprint density at radius 2 is 0.845 bits per heavy atom. The van der Waals surface area contributed by atoms with Gasteiger partial charge in [-0.2, -0.15) is 0 Å². The van der Waals surface area contributed by atoms with E-state index in [2.05, 4.69) is 158 Å². The molecule has 0 radical (unpaired) electrons. The maximum atomic E-state index is 9.42. The first-order chi connectivity index (χ1) is 32.1. The van der Waals surface area contributed by atoms with Crippen molar-refractivity contribution in [3.05, 3.63) is 258 Å². The van der Waals surface area contributed by atoms with Gasteiger partial charge in [0.25, 0.3) is 0 Å². The summed E-state index contributed by atoms with van der Waals surface area (Å²) < 4.78 is 74.2. The molecule has 0 saturated carbocycles. The fourth-order valence-electron chi connectivity index (χ4n) is 10.4. The molecule has 9 aromatic carbocycles. The molecule has 0 N–H and O–H groups in total. The topological polar surface area (TPSA) is 4.93 Å². The SMILES string of the molecule is [2H]c1c([2H])c([2H])c2c(c1[2H])c1c([2H])c([2H])c([2H])c([2H])c1n2-c1cccc2c1C1c3ccccc3C2c2cccc([Si](c3ccccc3)(c3ccccc3)c3ccc(-c4ccccc4)cc3)c21. The molecule has 2 bridgehead atoms. The van der Waals surface area contributed by atoms with Crippen molar-refractivity contribution in [2.45, 2.75) is 11.8 Å². The van der Waals surface area contributed by atoms with Gasteiger partial charge in [0.2, 0.25) is 0 Å². The van der Waals surface area contributed by atoms with Crippen LogP contribution in [0.4, 0.5) is 0 Å². The van der Waals surface area contributed by atoms with Crippen LogP contribution in [-0.2, 0) is 0 Å². The van der Waals surface area contributed by atoms with Crippen molar-refractivity contribution in [1.82, 2.24) is 4.57 Å². The first-order valence-electron chi connectivity index (χ1n) is 23.8. The van der Waals surface area contributed by atoms with Crippen LogP contribution in [0.15, 0.2) is 224 Å². The number of rotatable bonds is 6. The highest BCUT2D eigenvalue weighted by Crippen LogP contribution is 2.57. The third kappa shape index (κ3) is 4.64. The molecule has 2 heteroatoms. The van der Waals surface area contributed by atoms with E-state index >= 15 is 0 Å². The fourth-order valence-corrected chi connectivity index (χ4v) is 15.4. The third-order valence-corrected chi connectivity index (χ3v) is 17.4. The molecule has 1 nitrogen and oxygen atoms in total. The predicted octanol–water partition coefficient (Wildman–Crippen LogP) is 10.8. The number of aromatic nitrogens is 1. The summed E-state index contributed by atoms with van der Waals surface area (Å²) in [7, 11) is -3.22. The first kappa shape index (κ1) is 26.0. The largest absolute Gasteiger partial charge is 0.309 e. The second-order valence-corrected chi connectivity index (χ2v) is 19.1. The molecule has 3 aliphatic rings. The van der Waals surface area contributed by atoms with Crippen LogP contribution in [0.1, 0.15) is 56.2 Å². The zero-order valence-electron chi connectivity index (χ0n) is 39.3. The maximum Gasteiger partial charge on any atom is 0.179 e. The number of fused-ring (bicyclic) bond motifs is 3. The van der Waals surface area contributed by atoms with E-state index in [0.29, 0.717) is 5.69 Å². The molecule has 1 aromatic heterocycles. The van der Waals surface area contributed by atoms with Crippen LogP contribution in [0.25, 0.3) is 38.6 Å². The summed E-state index contributed by atoms with van der Waals surface area (Å²) in [4.78, 5) is 0. The molecule has 0 spiro atoms. The van der Waals surface area contributed by atoms with Gasteiger partial charge in [0.05, 0.1) is 27.7 Å². The van der Waals surface area contributed by atoms with E-state index in [1.165, 1.54) is 37.4 Å². The Morgan fingerprint density at radius 1 is 0.379 bits per heavy atom. The molecule has 0 amide bonds. The molecular weight excluding hydrogens is 715 g/mol. The van der Waals surface area contributed by atoms with Crippen LogP contribution in [-0.4, -0.2) is 12.6 Å². The van der Waals surface area contributed by atoms with Gasteiger partial charge in [-0.25, -0.2) is 0 Å². The zero-order valence-corrected chi connectivity index (χ0v) is 32.3. The number of para-hydroxylation sites is 2. The lowest BCUT2D eigenvalue weighted by molar-refractivity contribution is 0.752. The first-order valence-corrected chi connectivity index (χ1v) is 21.8. The Bertz CT molecular complexity index is 3510. The molecule has 13 rings (SSSR count). The van der Waals surface area contributed by atoms with E-state index in [0.717, 1.165) is 27.8 Å². The minimum Gasteiger partial charge on any atom is -0.309 e. The molecule has 272 valence electrons. The van der Waals surface area contributed by atoms with Gasteiger partial charge in [0.1, 0.15) is 0 Å². The Morgan fingerprint density at radius 3 is 1.47 bits per heavy atom.